The third kappa shape index (κ3) is 5.27. The number of hydrogen-bond donors (Lipinski definition) is 1. The molecule has 2 heterocycles. The molecule has 0 aliphatic carbocycles. The van der Waals surface area contributed by atoms with Gasteiger partial charge >= 0.3 is 0 Å². The molecule has 1 aromatic heterocycles. The summed E-state index contributed by atoms with van der Waals surface area (Å²) in [6.07, 6.45) is 3.60. The van der Waals surface area contributed by atoms with E-state index in [2.05, 4.69) is 15.4 Å². The Morgan fingerprint density at radius 3 is 2.52 bits per heavy atom. The predicted octanol–water partition coefficient (Wildman–Crippen LogP) is 4.96. The summed E-state index contributed by atoms with van der Waals surface area (Å²) in [6.45, 7) is 2.54. The predicted molar refractivity (Wildman–Crippen MR) is 120 cm³/mol. The minimum absolute atomic E-state index is 0.0921. The maximum Gasteiger partial charge on any atom is 0.273 e. The largest absolute Gasteiger partial charge is 0.497 e. The molecule has 0 saturated carbocycles. The summed E-state index contributed by atoms with van der Waals surface area (Å²) in [5, 5.41) is 7.70. The van der Waals surface area contributed by atoms with Crippen LogP contribution < -0.4 is 10.1 Å². The Balaban J connectivity index is 1.44. The van der Waals surface area contributed by atoms with E-state index < -0.39 is 0 Å². The summed E-state index contributed by atoms with van der Waals surface area (Å²) in [5.41, 5.74) is 2.24. The minimum Gasteiger partial charge on any atom is -0.497 e. The average Bonchev–Trinajstić information content (AvgIpc) is 3.31. The van der Waals surface area contributed by atoms with Crippen molar-refractivity contribution in [2.75, 3.05) is 26.7 Å². The second kappa shape index (κ2) is 9.98. The monoisotopic (exact) mass is 439 g/mol. The SMILES string of the molecule is COc1ccc(-c2cc(C(=O)NC[C@@H](c3ccc(Cl)cc3)N3CCCCC3)no2)cc1. The molecule has 0 radical (unpaired) electrons. The van der Waals surface area contributed by atoms with Crippen molar-refractivity contribution < 1.29 is 14.1 Å². The van der Waals surface area contributed by atoms with Crippen LogP contribution in [-0.4, -0.2) is 42.7 Å². The number of ether oxygens (including phenoxy) is 1. The van der Waals surface area contributed by atoms with Crippen molar-refractivity contribution in [3.05, 3.63) is 70.9 Å². The second-order valence-electron chi connectivity index (χ2n) is 7.68. The van der Waals surface area contributed by atoms with Crippen LogP contribution in [0.15, 0.2) is 59.1 Å². The molecule has 0 unspecified atom stereocenters. The number of nitrogens with one attached hydrogen (secondary N) is 1. The first-order chi connectivity index (χ1) is 15.1. The van der Waals surface area contributed by atoms with Crippen LogP contribution in [0.1, 0.15) is 41.4 Å². The van der Waals surface area contributed by atoms with Crippen molar-refractivity contribution in [2.24, 2.45) is 0 Å². The molecule has 2 aromatic carbocycles. The fourth-order valence-corrected chi connectivity index (χ4v) is 4.05. The number of carbonyl (C=O) groups excluding carboxylic acids is 1. The van der Waals surface area contributed by atoms with E-state index in [1.165, 1.54) is 19.3 Å². The van der Waals surface area contributed by atoms with E-state index in [0.717, 1.165) is 30.0 Å². The van der Waals surface area contributed by atoms with Gasteiger partial charge in [-0.2, -0.15) is 0 Å². The Kier molecular flexibility index (Phi) is 6.89. The summed E-state index contributed by atoms with van der Waals surface area (Å²) < 4.78 is 10.6. The van der Waals surface area contributed by atoms with E-state index in [9.17, 15) is 4.79 Å². The van der Waals surface area contributed by atoms with E-state index in [0.29, 0.717) is 17.3 Å². The summed E-state index contributed by atoms with van der Waals surface area (Å²) in [5.74, 6) is 1.05. The lowest BCUT2D eigenvalue weighted by Crippen LogP contribution is -2.40. The van der Waals surface area contributed by atoms with E-state index >= 15 is 0 Å². The third-order valence-corrected chi connectivity index (χ3v) is 5.91. The molecular formula is C24H26ClN3O3. The Labute approximate surface area is 187 Å². The number of carbonyl (C=O) groups is 1. The number of amides is 1. The summed E-state index contributed by atoms with van der Waals surface area (Å²) in [7, 11) is 1.62. The van der Waals surface area contributed by atoms with E-state index in [1.54, 1.807) is 13.2 Å². The molecule has 3 aromatic rings. The first-order valence-electron chi connectivity index (χ1n) is 10.5. The highest BCUT2D eigenvalue weighted by Crippen LogP contribution is 2.26. The maximum atomic E-state index is 12.8. The van der Waals surface area contributed by atoms with Gasteiger partial charge in [-0.3, -0.25) is 9.69 Å². The van der Waals surface area contributed by atoms with Gasteiger partial charge in [0.05, 0.1) is 13.2 Å². The fraction of sp³-hybridized carbons (Fsp3) is 0.333. The van der Waals surface area contributed by atoms with Gasteiger partial charge in [-0.15, -0.1) is 0 Å². The van der Waals surface area contributed by atoms with Gasteiger partial charge < -0.3 is 14.6 Å². The first kappa shape index (κ1) is 21.4. The van der Waals surface area contributed by atoms with Crippen molar-refractivity contribution in [3.8, 4) is 17.1 Å². The lowest BCUT2D eigenvalue weighted by Gasteiger charge is -2.35. The van der Waals surface area contributed by atoms with Gasteiger partial charge in [0, 0.05) is 23.2 Å². The number of hydrogen-bond acceptors (Lipinski definition) is 5. The molecule has 1 atom stereocenters. The minimum atomic E-state index is -0.250. The lowest BCUT2D eigenvalue weighted by molar-refractivity contribution is 0.0915. The number of likely N-dealkylation sites (tertiary alicyclic amines) is 1. The molecule has 1 aliphatic heterocycles. The van der Waals surface area contributed by atoms with Crippen LogP contribution in [0, 0.1) is 0 Å². The van der Waals surface area contributed by atoms with E-state index in [-0.39, 0.29) is 17.6 Å². The molecule has 31 heavy (non-hydrogen) atoms. The Bertz CT molecular complexity index is 996. The summed E-state index contributed by atoms with van der Waals surface area (Å²) in [4.78, 5) is 15.2. The smallest absolute Gasteiger partial charge is 0.273 e. The zero-order valence-electron chi connectivity index (χ0n) is 17.5. The fourth-order valence-electron chi connectivity index (χ4n) is 3.93. The standard InChI is InChI=1S/C24H26ClN3O3/c1-30-20-11-7-18(8-12-20)23-15-21(27-31-23)24(29)26-16-22(28-13-3-2-4-14-28)17-5-9-19(25)10-6-17/h5-12,15,22H,2-4,13-14,16H2,1H3,(H,26,29)/t22-/m0/s1. The van der Waals surface area contributed by atoms with Gasteiger partial charge in [-0.25, -0.2) is 0 Å². The van der Waals surface area contributed by atoms with Crippen molar-refractivity contribution in [2.45, 2.75) is 25.3 Å². The molecule has 6 nitrogen and oxygen atoms in total. The number of rotatable bonds is 7. The number of piperidine rings is 1. The number of benzene rings is 2. The zero-order chi connectivity index (χ0) is 21.6. The molecular weight excluding hydrogens is 414 g/mol. The molecule has 162 valence electrons. The lowest BCUT2D eigenvalue weighted by atomic mass is 10.0. The van der Waals surface area contributed by atoms with Gasteiger partial charge in [0.2, 0.25) is 0 Å². The number of nitrogens with zero attached hydrogens (tertiary/aromatic N) is 2. The van der Waals surface area contributed by atoms with Crippen LogP contribution in [0.3, 0.4) is 0 Å². The molecule has 1 saturated heterocycles. The third-order valence-electron chi connectivity index (χ3n) is 5.66. The molecule has 1 amide bonds. The van der Waals surface area contributed by atoms with Crippen molar-refractivity contribution in [3.63, 3.8) is 0 Å². The Morgan fingerprint density at radius 2 is 1.84 bits per heavy atom. The molecule has 1 aliphatic rings. The van der Waals surface area contributed by atoms with Crippen molar-refractivity contribution >= 4 is 17.5 Å². The summed E-state index contributed by atoms with van der Waals surface area (Å²) >= 11 is 6.07. The molecule has 7 heteroatoms. The van der Waals surface area contributed by atoms with Crippen LogP contribution in [0.25, 0.3) is 11.3 Å². The van der Waals surface area contributed by atoms with E-state index in [1.807, 2.05) is 48.5 Å². The molecule has 0 bridgehead atoms. The van der Waals surface area contributed by atoms with Gasteiger partial charge in [-0.05, 0) is 67.9 Å². The van der Waals surface area contributed by atoms with Crippen molar-refractivity contribution in [1.82, 2.24) is 15.4 Å². The molecule has 4 rings (SSSR count). The summed E-state index contributed by atoms with van der Waals surface area (Å²) in [6, 6.07) is 17.0. The van der Waals surface area contributed by atoms with Gasteiger partial charge in [0.1, 0.15) is 5.75 Å². The quantitative estimate of drug-likeness (QED) is 0.563. The number of halogens is 1. The van der Waals surface area contributed by atoms with Crippen LogP contribution in [0.5, 0.6) is 5.75 Å². The highest BCUT2D eigenvalue weighted by Gasteiger charge is 2.24. The normalized spacial score (nSPS) is 15.4. The Hall–Kier alpha value is -2.83. The second-order valence-corrected chi connectivity index (χ2v) is 8.12. The Morgan fingerprint density at radius 1 is 1.13 bits per heavy atom. The topological polar surface area (TPSA) is 67.6 Å². The zero-order valence-corrected chi connectivity index (χ0v) is 18.3. The molecule has 0 spiro atoms. The van der Waals surface area contributed by atoms with Crippen LogP contribution in [0.4, 0.5) is 0 Å². The van der Waals surface area contributed by atoms with Gasteiger partial charge in [-0.1, -0.05) is 35.3 Å². The van der Waals surface area contributed by atoms with E-state index in [4.69, 9.17) is 20.9 Å². The van der Waals surface area contributed by atoms with Crippen LogP contribution in [0.2, 0.25) is 5.02 Å². The van der Waals surface area contributed by atoms with Crippen molar-refractivity contribution in [1.29, 1.82) is 0 Å². The first-order valence-corrected chi connectivity index (χ1v) is 10.9. The van der Waals surface area contributed by atoms with Gasteiger partial charge in [0.15, 0.2) is 11.5 Å². The molecule has 1 N–H and O–H groups in total. The van der Waals surface area contributed by atoms with Crippen LogP contribution >= 0.6 is 11.6 Å². The van der Waals surface area contributed by atoms with Gasteiger partial charge in [0.25, 0.3) is 5.91 Å². The van der Waals surface area contributed by atoms with Crippen LogP contribution in [-0.2, 0) is 0 Å². The number of aromatic nitrogens is 1. The maximum absolute atomic E-state index is 12.8. The highest BCUT2D eigenvalue weighted by molar-refractivity contribution is 6.30. The highest BCUT2D eigenvalue weighted by atomic mass is 35.5. The molecule has 1 fully saturated rings. The average molecular weight is 440 g/mol. The number of methoxy groups -OCH3 is 1.